The van der Waals surface area contributed by atoms with E-state index >= 15 is 0 Å². The quantitative estimate of drug-likeness (QED) is 0.337. The molecule has 0 aliphatic carbocycles. The molecule has 2 aliphatic rings. The Hall–Kier alpha value is -3.09. The summed E-state index contributed by atoms with van der Waals surface area (Å²) >= 11 is 12.8. The predicted octanol–water partition coefficient (Wildman–Crippen LogP) is 6.45. The van der Waals surface area contributed by atoms with E-state index in [0.717, 1.165) is 16.8 Å². The van der Waals surface area contributed by atoms with Crippen LogP contribution in [0.5, 0.6) is 5.75 Å². The van der Waals surface area contributed by atoms with Crippen molar-refractivity contribution in [2.24, 2.45) is 5.10 Å². The molecule has 0 amide bonds. The molecule has 3 aromatic rings. The summed E-state index contributed by atoms with van der Waals surface area (Å²) in [6, 6.07) is 17.9. The third-order valence-electron chi connectivity index (χ3n) is 5.56. The molecule has 0 aromatic heterocycles. The van der Waals surface area contributed by atoms with E-state index in [2.05, 4.69) is 0 Å². The lowest BCUT2D eigenvalue weighted by molar-refractivity contribution is -0.385. The molecule has 0 unspecified atom stereocenters. The van der Waals surface area contributed by atoms with Gasteiger partial charge >= 0.3 is 0 Å². The van der Waals surface area contributed by atoms with Crippen LogP contribution in [0.2, 0.25) is 10.0 Å². The Morgan fingerprint density at radius 3 is 2.65 bits per heavy atom. The summed E-state index contributed by atoms with van der Waals surface area (Å²) in [7, 11) is 0. The van der Waals surface area contributed by atoms with Crippen molar-refractivity contribution in [3.8, 4) is 5.75 Å². The number of aryl methyl sites for hydroxylation is 1. The number of nitro benzene ring substituents is 1. The number of hydrazone groups is 1. The lowest BCUT2D eigenvalue weighted by Gasteiger charge is -2.38. The summed E-state index contributed by atoms with van der Waals surface area (Å²) in [4.78, 5) is 10.9. The van der Waals surface area contributed by atoms with Crippen LogP contribution in [0.4, 0.5) is 5.69 Å². The summed E-state index contributed by atoms with van der Waals surface area (Å²) in [5.74, 6) is 0.532. The van der Waals surface area contributed by atoms with Gasteiger partial charge in [0, 0.05) is 34.7 Å². The van der Waals surface area contributed by atoms with Crippen LogP contribution < -0.4 is 4.74 Å². The van der Waals surface area contributed by atoms with E-state index in [9.17, 15) is 10.1 Å². The second kappa shape index (κ2) is 7.55. The lowest BCUT2D eigenvalue weighted by Crippen LogP contribution is -2.33. The first-order valence-electron chi connectivity index (χ1n) is 9.73. The maximum absolute atomic E-state index is 11.3. The molecule has 8 heteroatoms. The fourth-order valence-electron chi connectivity index (χ4n) is 4.05. The van der Waals surface area contributed by atoms with E-state index in [4.69, 9.17) is 33.0 Å². The number of nitrogens with zero attached hydrogens (tertiary/aromatic N) is 3. The Bertz CT molecular complexity index is 1230. The molecule has 5 rings (SSSR count). The largest absolute Gasteiger partial charge is 0.463 e. The first kappa shape index (κ1) is 19.8. The molecule has 2 heterocycles. The topological polar surface area (TPSA) is 68.0 Å². The predicted molar refractivity (Wildman–Crippen MR) is 120 cm³/mol. The van der Waals surface area contributed by atoms with Crippen LogP contribution in [-0.4, -0.2) is 15.6 Å². The van der Waals surface area contributed by atoms with Gasteiger partial charge in [0.1, 0.15) is 5.75 Å². The minimum Gasteiger partial charge on any atom is -0.463 e. The van der Waals surface area contributed by atoms with Gasteiger partial charge in [-0.1, -0.05) is 65.2 Å². The molecular weight excluding hydrogens is 437 g/mol. The molecule has 2 atom stereocenters. The highest BCUT2D eigenvalue weighted by Crippen LogP contribution is 2.51. The molecule has 31 heavy (non-hydrogen) atoms. The normalized spacial score (nSPS) is 19.3. The number of fused-ring (bicyclic) bond motifs is 3. The average molecular weight is 454 g/mol. The molecule has 0 saturated carbocycles. The minimum absolute atomic E-state index is 0.00687. The molecule has 3 aromatic carbocycles. The molecule has 0 spiro atoms. The number of ether oxygens (including phenoxy) is 1. The van der Waals surface area contributed by atoms with E-state index < -0.39 is 11.2 Å². The number of halogens is 2. The summed E-state index contributed by atoms with van der Waals surface area (Å²) in [5, 5.41) is 18.9. The van der Waals surface area contributed by atoms with Gasteiger partial charge in [-0.2, -0.15) is 5.10 Å². The highest BCUT2D eigenvalue weighted by molar-refractivity contribution is 6.35. The van der Waals surface area contributed by atoms with Crippen LogP contribution in [0.1, 0.15) is 40.9 Å². The lowest BCUT2D eigenvalue weighted by atomic mass is 9.95. The average Bonchev–Trinajstić information content (AvgIpc) is 3.19. The van der Waals surface area contributed by atoms with Crippen LogP contribution in [0.3, 0.4) is 0 Å². The Labute approximate surface area is 188 Å². The van der Waals surface area contributed by atoms with Crippen molar-refractivity contribution in [3.05, 3.63) is 103 Å². The Kier molecular flexibility index (Phi) is 4.84. The van der Waals surface area contributed by atoms with Crippen molar-refractivity contribution in [2.75, 3.05) is 0 Å². The maximum Gasteiger partial charge on any atom is 0.269 e. The van der Waals surface area contributed by atoms with Gasteiger partial charge in [-0.3, -0.25) is 10.1 Å². The zero-order valence-electron chi connectivity index (χ0n) is 16.5. The molecule has 0 N–H and O–H groups in total. The molecule has 6 nitrogen and oxygen atoms in total. The monoisotopic (exact) mass is 453 g/mol. The number of benzene rings is 3. The van der Waals surface area contributed by atoms with E-state index in [-0.39, 0.29) is 11.7 Å². The SMILES string of the molecule is Cc1ccc(C2=NN3[C@H](C2)c2cc(Cl)cc(Cl)c2O[C@H]3c2cccc([N+](=O)[O-])c2)cc1. The third kappa shape index (κ3) is 3.52. The second-order valence-corrected chi connectivity index (χ2v) is 8.48. The van der Waals surface area contributed by atoms with Crippen LogP contribution in [0, 0.1) is 17.0 Å². The minimum atomic E-state index is -0.654. The number of hydrogen-bond donors (Lipinski definition) is 0. The smallest absolute Gasteiger partial charge is 0.269 e. The van der Waals surface area contributed by atoms with E-state index in [0.29, 0.717) is 27.8 Å². The van der Waals surface area contributed by atoms with Crippen LogP contribution in [0.25, 0.3) is 0 Å². The highest BCUT2D eigenvalue weighted by Gasteiger charge is 2.42. The highest BCUT2D eigenvalue weighted by atomic mass is 35.5. The maximum atomic E-state index is 11.3. The van der Waals surface area contributed by atoms with Gasteiger partial charge in [0.05, 0.1) is 21.7 Å². The van der Waals surface area contributed by atoms with Crippen molar-refractivity contribution in [2.45, 2.75) is 25.6 Å². The Morgan fingerprint density at radius 2 is 1.90 bits per heavy atom. The molecule has 2 aliphatic heterocycles. The molecule has 0 radical (unpaired) electrons. The summed E-state index contributed by atoms with van der Waals surface area (Å²) in [6.07, 6.45) is -0.0133. The summed E-state index contributed by atoms with van der Waals surface area (Å²) < 4.78 is 6.26. The first-order chi connectivity index (χ1) is 14.9. The van der Waals surface area contributed by atoms with Crippen LogP contribution >= 0.6 is 23.2 Å². The number of rotatable bonds is 3. The summed E-state index contributed by atoms with van der Waals surface area (Å²) in [5.41, 5.74) is 4.57. The van der Waals surface area contributed by atoms with Crippen molar-refractivity contribution in [3.63, 3.8) is 0 Å². The van der Waals surface area contributed by atoms with Crippen molar-refractivity contribution >= 4 is 34.6 Å². The van der Waals surface area contributed by atoms with Gasteiger partial charge in [-0.05, 0) is 24.6 Å². The first-order valence-corrected chi connectivity index (χ1v) is 10.5. The Balaban J connectivity index is 1.63. The fraction of sp³-hybridized carbons (Fsp3) is 0.174. The van der Waals surface area contributed by atoms with Gasteiger partial charge in [-0.25, -0.2) is 5.01 Å². The van der Waals surface area contributed by atoms with Crippen molar-refractivity contribution in [1.29, 1.82) is 0 Å². The standard InChI is InChI=1S/C23H17Cl2N3O3/c1-13-5-7-14(8-6-13)20-12-21-18-10-16(24)11-19(25)22(18)31-23(27(21)26-20)15-3-2-4-17(9-15)28(29)30/h2-11,21,23H,12H2,1H3/t21-,23+/m1/s1. The third-order valence-corrected chi connectivity index (χ3v) is 6.06. The zero-order chi connectivity index (χ0) is 21.7. The second-order valence-electron chi connectivity index (χ2n) is 7.64. The van der Waals surface area contributed by atoms with Gasteiger partial charge in [0.25, 0.3) is 5.69 Å². The number of hydrogen-bond acceptors (Lipinski definition) is 5. The van der Waals surface area contributed by atoms with Crippen molar-refractivity contribution < 1.29 is 9.66 Å². The molecular formula is C23H17Cl2N3O3. The van der Waals surface area contributed by atoms with Crippen LogP contribution in [-0.2, 0) is 0 Å². The number of non-ortho nitro benzene ring substituents is 1. The van der Waals surface area contributed by atoms with E-state index in [1.807, 2.05) is 42.3 Å². The van der Waals surface area contributed by atoms with Gasteiger partial charge in [0.2, 0.25) is 6.23 Å². The van der Waals surface area contributed by atoms with Crippen LogP contribution in [0.15, 0.2) is 65.8 Å². The van der Waals surface area contributed by atoms with Gasteiger partial charge < -0.3 is 4.74 Å². The zero-order valence-corrected chi connectivity index (χ0v) is 18.0. The summed E-state index contributed by atoms with van der Waals surface area (Å²) in [6.45, 7) is 2.04. The van der Waals surface area contributed by atoms with Gasteiger partial charge in [-0.15, -0.1) is 0 Å². The number of nitro groups is 1. The van der Waals surface area contributed by atoms with E-state index in [1.165, 1.54) is 17.7 Å². The molecule has 0 saturated heterocycles. The molecule has 156 valence electrons. The Morgan fingerprint density at radius 1 is 1.13 bits per heavy atom. The van der Waals surface area contributed by atoms with E-state index in [1.54, 1.807) is 18.2 Å². The molecule has 0 bridgehead atoms. The fourth-order valence-corrected chi connectivity index (χ4v) is 4.60. The molecule has 0 fully saturated rings. The van der Waals surface area contributed by atoms with Crippen molar-refractivity contribution in [1.82, 2.24) is 5.01 Å². The van der Waals surface area contributed by atoms with Gasteiger partial charge in [0.15, 0.2) is 0 Å².